The highest BCUT2D eigenvalue weighted by atomic mass is 35.5. The van der Waals surface area contributed by atoms with Crippen molar-refractivity contribution in [3.8, 4) is 16.8 Å². The zero-order valence-electron chi connectivity index (χ0n) is 14.9. The maximum absolute atomic E-state index is 12.6. The number of carbonyl (C=O) groups excluding carboxylic acids is 1. The van der Waals surface area contributed by atoms with Crippen molar-refractivity contribution >= 4 is 29.1 Å². The average molecular weight is 394 g/mol. The lowest BCUT2D eigenvalue weighted by Gasteiger charge is -2.10. The molecule has 0 bridgehead atoms. The highest BCUT2D eigenvalue weighted by Gasteiger charge is 2.19. The molecule has 0 spiro atoms. The van der Waals surface area contributed by atoms with Crippen LogP contribution >= 0.6 is 11.6 Å². The zero-order chi connectivity index (χ0) is 19.7. The summed E-state index contributed by atoms with van der Waals surface area (Å²) in [5.41, 5.74) is 9.06. The lowest BCUT2D eigenvalue weighted by Crippen LogP contribution is -2.15. The second-order valence-corrected chi connectivity index (χ2v) is 6.53. The number of anilines is 2. The number of aromatic nitrogens is 5. The molecule has 140 valence electrons. The van der Waals surface area contributed by atoms with E-state index in [1.807, 2.05) is 37.5 Å². The van der Waals surface area contributed by atoms with Crippen LogP contribution in [-0.2, 0) is 7.05 Å². The molecule has 3 N–H and O–H groups in total. The molecule has 0 saturated heterocycles. The molecule has 9 heteroatoms. The smallest absolute Gasteiger partial charge is 0.262 e. The first-order valence-corrected chi connectivity index (χ1v) is 8.75. The Bertz CT molecular complexity index is 1150. The molecule has 0 fully saturated rings. The Hall–Kier alpha value is -3.65. The number of aryl methyl sites for hydroxylation is 1. The van der Waals surface area contributed by atoms with E-state index in [4.69, 9.17) is 17.3 Å². The van der Waals surface area contributed by atoms with E-state index < -0.39 is 5.91 Å². The Labute approximate surface area is 165 Å². The van der Waals surface area contributed by atoms with Crippen LogP contribution in [0.15, 0.2) is 61.2 Å². The van der Waals surface area contributed by atoms with E-state index in [1.54, 1.807) is 23.0 Å². The predicted octanol–water partition coefficient (Wildman–Crippen LogP) is 3.16. The van der Waals surface area contributed by atoms with E-state index in [2.05, 4.69) is 20.5 Å². The fourth-order valence-corrected chi connectivity index (χ4v) is 2.93. The fourth-order valence-electron chi connectivity index (χ4n) is 2.82. The molecule has 0 saturated carbocycles. The Morgan fingerprint density at radius 2 is 1.93 bits per heavy atom. The summed E-state index contributed by atoms with van der Waals surface area (Å²) in [6.45, 7) is 0. The van der Waals surface area contributed by atoms with Gasteiger partial charge in [-0.25, -0.2) is 9.67 Å². The van der Waals surface area contributed by atoms with Gasteiger partial charge < -0.3 is 11.1 Å². The van der Waals surface area contributed by atoms with Crippen molar-refractivity contribution in [3.05, 3.63) is 71.8 Å². The Morgan fingerprint density at radius 3 is 2.64 bits per heavy atom. The van der Waals surface area contributed by atoms with Gasteiger partial charge in [0.2, 0.25) is 0 Å². The molecule has 8 nitrogen and oxygen atoms in total. The molecule has 0 aliphatic heterocycles. The van der Waals surface area contributed by atoms with Crippen molar-refractivity contribution < 1.29 is 4.79 Å². The van der Waals surface area contributed by atoms with Crippen molar-refractivity contribution in [1.29, 1.82) is 0 Å². The number of nitrogens with zero attached hydrogens (tertiary/aromatic N) is 5. The first-order valence-electron chi connectivity index (χ1n) is 8.38. The maximum atomic E-state index is 12.6. The zero-order valence-corrected chi connectivity index (χ0v) is 15.6. The number of hydrogen-bond donors (Lipinski definition) is 2. The van der Waals surface area contributed by atoms with E-state index in [9.17, 15) is 4.79 Å². The molecule has 1 amide bonds. The van der Waals surface area contributed by atoms with E-state index in [1.165, 1.54) is 17.1 Å². The first kappa shape index (κ1) is 17.7. The molecule has 4 rings (SSSR count). The molecular formula is C19H16ClN7O. The van der Waals surface area contributed by atoms with Gasteiger partial charge in [-0.3, -0.25) is 9.48 Å². The van der Waals surface area contributed by atoms with Crippen LogP contribution in [0.3, 0.4) is 0 Å². The van der Waals surface area contributed by atoms with Crippen LogP contribution in [0.5, 0.6) is 0 Å². The van der Waals surface area contributed by atoms with Crippen LogP contribution in [-0.4, -0.2) is 30.5 Å². The highest BCUT2D eigenvalue weighted by Crippen LogP contribution is 2.28. The van der Waals surface area contributed by atoms with Crippen molar-refractivity contribution in [2.75, 3.05) is 11.1 Å². The predicted molar refractivity (Wildman–Crippen MR) is 107 cm³/mol. The molecule has 3 aromatic heterocycles. The molecule has 0 radical (unpaired) electrons. The van der Waals surface area contributed by atoms with E-state index in [-0.39, 0.29) is 11.4 Å². The number of pyridine rings is 1. The number of hydrogen-bond acceptors (Lipinski definition) is 5. The van der Waals surface area contributed by atoms with Gasteiger partial charge in [0.1, 0.15) is 17.2 Å². The molecule has 4 aromatic rings. The number of amides is 1. The number of nitrogen functional groups attached to an aromatic ring is 1. The van der Waals surface area contributed by atoms with Gasteiger partial charge in [0, 0.05) is 30.6 Å². The number of nitrogens with one attached hydrogen (secondary N) is 1. The SMILES string of the molecule is Cn1cc(-c2ccccc2-n2ncc(C(=O)Nc3ccc(Cl)cn3)c2N)cn1. The molecule has 0 atom stereocenters. The molecular weight excluding hydrogens is 378 g/mol. The third kappa shape index (κ3) is 3.33. The third-order valence-corrected chi connectivity index (χ3v) is 4.39. The van der Waals surface area contributed by atoms with Gasteiger partial charge in [-0.05, 0) is 18.2 Å². The minimum Gasteiger partial charge on any atom is -0.383 e. The van der Waals surface area contributed by atoms with Crippen LogP contribution in [0.4, 0.5) is 11.6 Å². The van der Waals surface area contributed by atoms with Crippen molar-refractivity contribution in [2.45, 2.75) is 0 Å². The van der Waals surface area contributed by atoms with Crippen LogP contribution in [0, 0.1) is 0 Å². The molecule has 0 aliphatic carbocycles. The van der Waals surface area contributed by atoms with Crippen LogP contribution < -0.4 is 11.1 Å². The lowest BCUT2D eigenvalue weighted by molar-refractivity contribution is 0.102. The molecule has 0 aliphatic rings. The van der Waals surface area contributed by atoms with Gasteiger partial charge in [0.15, 0.2) is 0 Å². The van der Waals surface area contributed by atoms with Crippen LogP contribution in [0.1, 0.15) is 10.4 Å². The molecule has 1 aromatic carbocycles. The maximum Gasteiger partial charge on any atom is 0.262 e. The van der Waals surface area contributed by atoms with E-state index in [0.717, 1.165) is 16.8 Å². The van der Waals surface area contributed by atoms with Gasteiger partial charge >= 0.3 is 0 Å². The quantitative estimate of drug-likeness (QED) is 0.554. The highest BCUT2D eigenvalue weighted by molar-refractivity contribution is 6.30. The Balaban J connectivity index is 1.68. The Kier molecular flexibility index (Phi) is 4.54. The standard InChI is InChI=1S/C19H16ClN7O/c1-26-11-12(8-23-26)14-4-2-3-5-16(14)27-18(21)15(10-24-27)19(28)25-17-7-6-13(20)9-22-17/h2-11H,21H2,1H3,(H,22,25,28). The second kappa shape index (κ2) is 7.16. The topological polar surface area (TPSA) is 104 Å². The summed E-state index contributed by atoms with van der Waals surface area (Å²) in [6.07, 6.45) is 6.55. The number of carbonyl (C=O) groups is 1. The summed E-state index contributed by atoms with van der Waals surface area (Å²) >= 11 is 5.81. The van der Waals surface area contributed by atoms with Gasteiger partial charge in [0.25, 0.3) is 5.91 Å². The summed E-state index contributed by atoms with van der Waals surface area (Å²) in [4.78, 5) is 16.6. The van der Waals surface area contributed by atoms with Gasteiger partial charge in [-0.1, -0.05) is 29.8 Å². The monoisotopic (exact) mass is 393 g/mol. The van der Waals surface area contributed by atoms with Crippen LogP contribution in [0.25, 0.3) is 16.8 Å². The summed E-state index contributed by atoms with van der Waals surface area (Å²) < 4.78 is 3.25. The second-order valence-electron chi connectivity index (χ2n) is 6.09. The molecule has 0 unspecified atom stereocenters. The number of para-hydroxylation sites is 1. The van der Waals surface area contributed by atoms with Crippen molar-refractivity contribution in [3.63, 3.8) is 0 Å². The minimum absolute atomic E-state index is 0.225. The average Bonchev–Trinajstić information content (AvgIpc) is 3.29. The van der Waals surface area contributed by atoms with Crippen molar-refractivity contribution in [1.82, 2.24) is 24.5 Å². The largest absolute Gasteiger partial charge is 0.383 e. The Morgan fingerprint density at radius 1 is 1.11 bits per heavy atom. The van der Waals surface area contributed by atoms with Gasteiger partial charge in [-0.2, -0.15) is 10.2 Å². The number of nitrogens with two attached hydrogens (primary N) is 1. The summed E-state index contributed by atoms with van der Waals surface area (Å²) in [5.74, 6) is 0.192. The third-order valence-electron chi connectivity index (χ3n) is 4.17. The van der Waals surface area contributed by atoms with Crippen LogP contribution in [0.2, 0.25) is 5.02 Å². The summed E-state index contributed by atoms with van der Waals surface area (Å²) in [6, 6.07) is 10.9. The van der Waals surface area contributed by atoms with Crippen molar-refractivity contribution in [2.24, 2.45) is 7.05 Å². The summed E-state index contributed by atoms with van der Waals surface area (Å²) in [5, 5.41) is 11.7. The fraction of sp³-hybridized carbons (Fsp3) is 0.0526. The molecule has 28 heavy (non-hydrogen) atoms. The summed E-state index contributed by atoms with van der Waals surface area (Å²) in [7, 11) is 1.85. The van der Waals surface area contributed by atoms with Gasteiger partial charge in [-0.15, -0.1) is 0 Å². The first-order chi connectivity index (χ1) is 13.5. The number of halogens is 1. The van der Waals surface area contributed by atoms with Gasteiger partial charge in [0.05, 0.1) is 23.1 Å². The van der Waals surface area contributed by atoms with E-state index >= 15 is 0 Å². The normalized spacial score (nSPS) is 10.8. The number of rotatable bonds is 4. The van der Waals surface area contributed by atoms with E-state index in [0.29, 0.717) is 10.8 Å². The number of benzene rings is 1. The minimum atomic E-state index is -0.405. The molecule has 3 heterocycles. The lowest BCUT2D eigenvalue weighted by atomic mass is 10.1.